The fourth-order valence-electron chi connectivity index (χ4n) is 2.81. The Morgan fingerprint density at radius 2 is 1.79 bits per heavy atom. The third-order valence-corrected chi connectivity index (χ3v) is 4.72. The molecule has 0 spiro atoms. The normalized spacial score (nSPS) is 10.4. The highest BCUT2D eigenvalue weighted by Crippen LogP contribution is 2.27. The summed E-state index contributed by atoms with van der Waals surface area (Å²) < 4.78 is 11.2. The average Bonchev–Trinajstić information content (AvgIpc) is 2.70. The monoisotopic (exact) mass is 395 g/mol. The van der Waals surface area contributed by atoms with Gasteiger partial charge in [0.05, 0.1) is 12.1 Å². The Kier molecular flexibility index (Phi) is 6.22. The van der Waals surface area contributed by atoms with Crippen molar-refractivity contribution in [1.29, 1.82) is 0 Å². The number of amides is 1. The molecule has 0 fully saturated rings. The molecule has 1 N–H and O–H groups in total. The van der Waals surface area contributed by atoms with E-state index in [9.17, 15) is 4.79 Å². The summed E-state index contributed by atoms with van der Waals surface area (Å²) in [5.74, 6) is 1.04. The first-order valence-corrected chi connectivity index (χ1v) is 9.28. The summed E-state index contributed by atoms with van der Waals surface area (Å²) in [6.07, 6.45) is 0. The molecule has 3 aromatic rings. The molecule has 0 aromatic heterocycles. The highest BCUT2D eigenvalue weighted by atomic mass is 35.5. The number of hydrogen-bond acceptors (Lipinski definition) is 3. The van der Waals surface area contributed by atoms with Crippen molar-refractivity contribution in [3.8, 4) is 11.5 Å². The first-order valence-electron chi connectivity index (χ1n) is 8.91. The molecular formula is C23H22ClNO3. The minimum absolute atomic E-state index is 0.185. The van der Waals surface area contributed by atoms with E-state index in [1.165, 1.54) is 0 Å². The van der Waals surface area contributed by atoms with Gasteiger partial charge < -0.3 is 14.8 Å². The Morgan fingerprint density at radius 1 is 1.00 bits per heavy atom. The Hall–Kier alpha value is -2.98. The highest BCUT2D eigenvalue weighted by molar-refractivity contribution is 6.32. The average molecular weight is 396 g/mol. The highest BCUT2D eigenvalue weighted by Gasteiger charge is 2.13. The van der Waals surface area contributed by atoms with Crippen LogP contribution in [0.4, 0.5) is 5.69 Å². The first kappa shape index (κ1) is 19.8. The molecule has 0 aliphatic heterocycles. The van der Waals surface area contributed by atoms with Gasteiger partial charge in [-0.25, -0.2) is 0 Å². The molecule has 0 atom stereocenters. The predicted octanol–water partition coefficient (Wildman–Crippen LogP) is 5.80. The number of benzene rings is 3. The number of aryl methyl sites for hydroxylation is 2. The minimum atomic E-state index is -0.185. The van der Waals surface area contributed by atoms with Crippen LogP contribution in [-0.4, -0.2) is 13.0 Å². The van der Waals surface area contributed by atoms with Crippen LogP contribution in [0, 0.1) is 13.8 Å². The van der Waals surface area contributed by atoms with Gasteiger partial charge in [0.2, 0.25) is 0 Å². The number of anilines is 1. The molecule has 0 saturated carbocycles. The van der Waals surface area contributed by atoms with Crippen LogP contribution < -0.4 is 14.8 Å². The lowest BCUT2D eigenvalue weighted by Gasteiger charge is -2.14. The summed E-state index contributed by atoms with van der Waals surface area (Å²) in [5.41, 5.74) is 4.18. The number of para-hydroxylation sites is 1. The van der Waals surface area contributed by atoms with Crippen LogP contribution in [-0.2, 0) is 6.61 Å². The van der Waals surface area contributed by atoms with Crippen LogP contribution in [0.15, 0.2) is 60.7 Å². The molecule has 1 amide bonds. The van der Waals surface area contributed by atoms with Crippen LogP contribution in [0.25, 0.3) is 0 Å². The van der Waals surface area contributed by atoms with E-state index in [0.29, 0.717) is 22.1 Å². The van der Waals surface area contributed by atoms with E-state index in [1.807, 2.05) is 44.2 Å². The maximum absolute atomic E-state index is 12.7. The summed E-state index contributed by atoms with van der Waals surface area (Å²) in [5, 5.41) is 3.51. The van der Waals surface area contributed by atoms with Crippen molar-refractivity contribution in [2.75, 3.05) is 12.4 Å². The van der Waals surface area contributed by atoms with Crippen LogP contribution in [0.1, 0.15) is 27.0 Å². The van der Waals surface area contributed by atoms with Crippen molar-refractivity contribution in [1.82, 2.24) is 0 Å². The maximum Gasteiger partial charge on any atom is 0.255 e. The van der Waals surface area contributed by atoms with Crippen LogP contribution in [0.3, 0.4) is 0 Å². The van der Waals surface area contributed by atoms with E-state index >= 15 is 0 Å². The second kappa shape index (κ2) is 8.81. The van der Waals surface area contributed by atoms with Gasteiger partial charge in [0, 0.05) is 16.8 Å². The number of methoxy groups -OCH3 is 1. The number of halogens is 1. The van der Waals surface area contributed by atoms with Crippen molar-refractivity contribution in [2.24, 2.45) is 0 Å². The van der Waals surface area contributed by atoms with Crippen LogP contribution in [0.5, 0.6) is 11.5 Å². The molecule has 0 unspecified atom stereocenters. The fraction of sp³-hybridized carbons (Fsp3) is 0.174. The molecule has 5 heteroatoms. The van der Waals surface area contributed by atoms with Crippen molar-refractivity contribution >= 4 is 23.2 Å². The van der Waals surface area contributed by atoms with Gasteiger partial charge in [-0.05, 0) is 61.4 Å². The number of carbonyl (C=O) groups is 1. The number of hydrogen-bond donors (Lipinski definition) is 1. The Labute approximate surface area is 170 Å². The van der Waals surface area contributed by atoms with E-state index in [2.05, 4.69) is 5.32 Å². The summed E-state index contributed by atoms with van der Waals surface area (Å²) in [4.78, 5) is 12.7. The maximum atomic E-state index is 12.7. The van der Waals surface area contributed by atoms with Crippen LogP contribution in [0.2, 0.25) is 5.02 Å². The molecule has 0 heterocycles. The Balaban J connectivity index is 1.80. The molecule has 0 aliphatic carbocycles. The van der Waals surface area contributed by atoms with E-state index in [-0.39, 0.29) is 12.5 Å². The number of carbonyl (C=O) groups excluding carboxylic acids is 1. The molecule has 0 bridgehead atoms. The van der Waals surface area contributed by atoms with Gasteiger partial charge >= 0.3 is 0 Å². The van der Waals surface area contributed by atoms with Crippen molar-refractivity contribution in [3.63, 3.8) is 0 Å². The fourth-order valence-corrected chi connectivity index (χ4v) is 3.01. The van der Waals surface area contributed by atoms with Crippen molar-refractivity contribution < 1.29 is 14.3 Å². The lowest BCUT2D eigenvalue weighted by Crippen LogP contribution is -2.13. The molecule has 0 aliphatic rings. The molecular weight excluding hydrogens is 374 g/mol. The van der Waals surface area contributed by atoms with Gasteiger partial charge in [0.25, 0.3) is 5.91 Å². The zero-order valence-corrected chi connectivity index (χ0v) is 16.8. The van der Waals surface area contributed by atoms with E-state index in [1.54, 1.807) is 37.4 Å². The Morgan fingerprint density at radius 3 is 2.54 bits per heavy atom. The minimum Gasteiger partial charge on any atom is -0.496 e. The van der Waals surface area contributed by atoms with Gasteiger partial charge in [0.15, 0.2) is 0 Å². The summed E-state index contributed by atoms with van der Waals surface area (Å²) >= 11 is 6.14. The number of nitrogens with one attached hydrogen (secondary N) is 1. The zero-order valence-electron chi connectivity index (χ0n) is 16.1. The van der Waals surface area contributed by atoms with E-state index in [0.717, 1.165) is 22.4 Å². The first-order chi connectivity index (χ1) is 13.5. The summed E-state index contributed by atoms with van der Waals surface area (Å²) in [6, 6.07) is 18.5. The van der Waals surface area contributed by atoms with Gasteiger partial charge in [-0.3, -0.25) is 4.79 Å². The molecule has 28 heavy (non-hydrogen) atoms. The van der Waals surface area contributed by atoms with Crippen molar-refractivity contribution in [2.45, 2.75) is 20.5 Å². The van der Waals surface area contributed by atoms with E-state index < -0.39 is 0 Å². The molecule has 144 valence electrons. The quantitative estimate of drug-likeness (QED) is 0.574. The second-order valence-electron chi connectivity index (χ2n) is 6.52. The van der Waals surface area contributed by atoms with Crippen LogP contribution >= 0.6 is 11.6 Å². The number of rotatable bonds is 6. The van der Waals surface area contributed by atoms with Gasteiger partial charge in [0.1, 0.15) is 18.1 Å². The lowest BCUT2D eigenvalue weighted by molar-refractivity contribution is 0.102. The Bertz CT molecular complexity index is 1000. The topological polar surface area (TPSA) is 47.6 Å². The largest absolute Gasteiger partial charge is 0.496 e. The molecule has 3 aromatic carbocycles. The predicted molar refractivity (Wildman–Crippen MR) is 113 cm³/mol. The SMILES string of the molecule is COc1ccc(C(=O)Nc2cc(C)ccc2C)cc1COc1ccccc1Cl. The third-order valence-electron chi connectivity index (χ3n) is 4.40. The number of ether oxygens (including phenoxy) is 2. The molecule has 0 saturated heterocycles. The zero-order chi connectivity index (χ0) is 20.1. The molecule has 0 radical (unpaired) electrons. The molecule has 4 nitrogen and oxygen atoms in total. The summed E-state index contributed by atoms with van der Waals surface area (Å²) in [6.45, 7) is 4.19. The lowest BCUT2D eigenvalue weighted by atomic mass is 10.1. The van der Waals surface area contributed by atoms with Gasteiger partial charge in [-0.1, -0.05) is 35.9 Å². The van der Waals surface area contributed by atoms with Gasteiger partial charge in [-0.15, -0.1) is 0 Å². The third kappa shape index (κ3) is 4.65. The second-order valence-corrected chi connectivity index (χ2v) is 6.93. The summed E-state index contributed by atoms with van der Waals surface area (Å²) in [7, 11) is 1.59. The molecule has 3 rings (SSSR count). The van der Waals surface area contributed by atoms with Gasteiger partial charge in [-0.2, -0.15) is 0 Å². The van der Waals surface area contributed by atoms with Crippen molar-refractivity contribution in [3.05, 3.63) is 87.9 Å². The smallest absolute Gasteiger partial charge is 0.255 e. The van der Waals surface area contributed by atoms with E-state index in [4.69, 9.17) is 21.1 Å². The standard InChI is InChI=1S/C23H22ClNO3/c1-15-8-9-16(2)20(12-15)25-23(26)17-10-11-21(27-3)18(13-17)14-28-22-7-5-4-6-19(22)24/h4-13H,14H2,1-3H3,(H,25,26).